The molecule has 15 nitrogen and oxygen atoms in total. The summed E-state index contributed by atoms with van der Waals surface area (Å²) in [5.41, 5.74) is 8.40. The molecule has 4 amide bonds. The van der Waals surface area contributed by atoms with E-state index in [4.69, 9.17) is 24.4 Å². The number of nitro groups is 2. The molecule has 0 bridgehead atoms. The molecule has 0 aliphatic rings. The summed E-state index contributed by atoms with van der Waals surface area (Å²) in [5, 5.41) is 25.2. The predicted octanol–water partition coefficient (Wildman–Crippen LogP) is 0.541. The second-order valence-corrected chi connectivity index (χ2v) is 6.82. The number of carbonyl (C=O) groups excluding carboxylic acids is 3. The van der Waals surface area contributed by atoms with E-state index in [0.29, 0.717) is 0 Å². The number of nitrogens with zero attached hydrogens (tertiary/aromatic N) is 2. The van der Waals surface area contributed by atoms with Crippen molar-refractivity contribution in [2.75, 3.05) is 0 Å². The summed E-state index contributed by atoms with van der Waals surface area (Å²) in [6, 6.07) is 8.59. The minimum Gasteiger partial charge on any atom is -0.298 e. The van der Waals surface area contributed by atoms with E-state index in [-0.39, 0.29) is 32.7 Å². The first-order valence-corrected chi connectivity index (χ1v) is 9.66. The van der Waals surface area contributed by atoms with Crippen molar-refractivity contribution in [1.82, 2.24) is 32.3 Å². The first-order valence-electron chi connectivity index (χ1n) is 8.84. The zero-order chi connectivity index (χ0) is 25.3. The average molecular weight is 506 g/mol. The SMILES string of the molecule is O=C(NNC(=S)NC(=O)c1ccc([N+](=O)[O-])cc1)NNC(=S)NC(=O)c1ccc([N+](=O)[O-])cc1. The van der Waals surface area contributed by atoms with Crippen molar-refractivity contribution >= 4 is 63.9 Å². The van der Waals surface area contributed by atoms with Crippen LogP contribution in [0.3, 0.4) is 0 Å². The summed E-state index contributed by atoms with van der Waals surface area (Å²) in [4.78, 5) is 55.8. The highest BCUT2D eigenvalue weighted by Crippen LogP contribution is 2.12. The van der Waals surface area contributed by atoms with Gasteiger partial charge in [-0.1, -0.05) is 0 Å². The van der Waals surface area contributed by atoms with Gasteiger partial charge in [-0.3, -0.25) is 51.3 Å². The van der Waals surface area contributed by atoms with Gasteiger partial charge in [-0.25, -0.2) is 15.6 Å². The van der Waals surface area contributed by atoms with Crippen molar-refractivity contribution in [2.45, 2.75) is 0 Å². The van der Waals surface area contributed by atoms with Gasteiger partial charge in [-0.2, -0.15) is 0 Å². The predicted molar refractivity (Wildman–Crippen MR) is 124 cm³/mol. The lowest BCUT2D eigenvalue weighted by Crippen LogP contribution is -2.56. The molecular weight excluding hydrogens is 492 g/mol. The molecule has 176 valence electrons. The minimum atomic E-state index is -0.904. The topological polar surface area (TPSA) is 210 Å². The number of urea groups is 1. The molecule has 0 heterocycles. The Morgan fingerprint density at radius 3 is 1.24 bits per heavy atom. The summed E-state index contributed by atoms with van der Waals surface area (Å²) in [6.07, 6.45) is 0. The smallest absolute Gasteiger partial charge is 0.298 e. The molecule has 2 rings (SSSR count). The van der Waals surface area contributed by atoms with Gasteiger partial charge in [-0.05, 0) is 48.7 Å². The Labute approximate surface area is 200 Å². The van der Waals surface area contributed by atoms with Crippen LogP contribution >= 0.6 is 24.4 Å². The Morgan fingerprint density at radius 1 is 0.618 bits per heavy atom. The number of hydrogen-bond acceptors (Lipinski definition) is 9. The normalized spacial score (nSPS) is 9.65. The number of nitrogens with one attached hydrogen (secondary N) is 6. The van der Waals surface area contributed by atoms with E-state index in [1.54, 1.807) is 0 Å². The summed E-state index contributed by atoms with van der Waals surface area (Å²) >= 11 is 9.70. The third kappa shape index (κ3) is 7.73. The van der Waals surface area contributed by atoms with Crippen LogP contribution in [0.2, 0.25) is 0 Å². The summed E-state index contributed by atoms with van der Waals surface area (Å²) in [6.45, 7) is 0. The molecule has 0 aromatic heterocycles. The van der Waals surface area contributed by atoms with Crippen LogP contribution < -0.4 is 32.3 Å². The number of hydrogen-bond donors (Lipinski definition) is 6. The van der Waals surface area contributed by atoms with Gasteiger partial charge < -0.3 is 0 Å². The maximum atomic E-state index is 12.0. The molecule has 2 aromatic carbocycles. The summed E-state index contributed by atoms with van der Waals surface area (Å²) in [5.74, 6) is -1.36. The summed E-state index contributed by atoms with van der Waals surface area (Å²) in [7, 11) is 0. The van der Waals surface area contributed by atoms with Crippen molar-refractivity contribution in [3.8, 4) is 0 Å². The van der Waals surface area contributed by atoms with Crippen molar-refractivity contribution in [3.63, 3.8) is 0 Å². The van der Waals surface area contributed by atoms with Gasteiger partial charge in [0.15, 0.2) is 10.2 Å². The lowest BCUT2D eigenvalue weighted by Gasteiger charge is -2.13. The van der Waals surface area contributed by atoms with Crippen molar-refractivity contribution in [1.29, 1.82) is 0 Å². The Kier molecular flexibility index (Phi) is 8.80. The van der Waals surface area contributed by atoms with Crippen LogP contribution in [0.15, 0.2) is 48.5 Å². The van der Waals surface area contributed by atoms with Crippen LogP contribution in [0, 0.1) is 20.2 Å². The molecule has 6 N–H and O–H groups in total. The van der Waals surface area contributed by atoms with E-state index in [1.165, 1.54) is 24.3 Å². The number of carbonyl (C=O) groups is 3. The molecule has 17 heteroatoms. The Balaban J connectivity index is 1.71. The first-order chi connectivity index (χ1) is 16.1. The highest BCUT2D eigenvalue weighted by Gasteiger charge is 2.13. The molecule has 0 radical (unpaired) electrons. The molecule has 0 atom stereocenters. The first kappa shape index (κ1) is 25.5. The van der Waals surface area contributed by atoms with Crippen LogP contribution in [0.5, 0.6) is 0 Å². The van der Waals surface area contributed by atoms with Crippen LogP contribution in [-0.2, 0) is 0 Å². The molecule has 0 saturated heterocycles. The molecule has 0 aliphatic carbocycles. The molecule has 2 aromatic rings. The number of hydrazine groups is 2. The fourth-order valence-electron chi connectivity index (χ4n) is 2.14. The molecule has 0 unspecified atom stereocenters. The molecule has 0 spiro atoms. The van der Waals surface area contributed by atoms with Gasteiger partial charge in [0, 0.05) is 35.4 Å². The largest absolute Gasteiger partial charge is 0.352 e. The number of amides is 4. The molecule has 0 fully saturated rings. The Bertz CT molecular complexity index is 1070. The molecule has 34 heavy (non-hydrogen) atoms. The minimum absolute atomic E-state index is 0.0926. The molecule has 0 aliphatic heterocycles. The standard InChI is InChI=1S/C17H14N8O7S2/c26-13(9-1-5-11(6-2-9)24(29)30)18-16(33)22-20-15(28)21-23-17(34)19-14(27)10-3-7-12(8-4-10)25(31)32/h1-8H,(H2,20,21,28)(H2,18,22,26,33)(H2,19,23,27,34). The van der Waals surface area contributed by atoms with E-state index in [0.717, 1.165) is 24.3 Å². The van der Waals surface area contributed by atoms with Crippen LogP contribution in [0.1, 0.15) is 20.7 Å². The van der Waals surface area contributed by atoms with Crippen molar-refractivity contribution in [2.24, 2.45) is 0 Å². The van der Waals surface area contributed by atoms with E-state index < -0.39 is 27.7 Å². The van der Waals surface area contributed by atoms with Gasteiger partial charge in [0.25, 0.3) is 23.2 Å². The highest BCUT2D eigenvalue weighted by molar-refractivity contribution is 7.80. The second kappa shape index (κ2) is 11.7. The second-order valence-electron chi connectivity index (χ2n) is 6.00. The van der Waals surface area contributed by atoms with Crippen LogP contribution in [0.4, 0.5) is 16.2 Å². The lowest BCUT2D eigenvalue weighted by molar-refractivity contribution is -0.385. The van der Waals surface area contributed by atoms with Gasteiger partial charge in [0.05, 0.1) is 9.85 Å². The highest BCUT2D eigenvalue weighted by atomic mass is 32.1. The third-order valence-electron chi connectivity index (χ3n) is 3.71. The van der Waals surface area contributed by atoms with Crippen LogP contribution in [0.25, 0.3) is 0 Å². The van der Waals surface area contributed by atoms with E-state index in [2.05, 4.69) is 32.3 Å². The zero-order valence-corrected chi connectivity index (χ0v) is 18.3. The lowest BCUT2D eigenvalue weighted by atomic mass is 10.2. The number of thiocarbonyl (C=S) groups is 2. The van der Waals surface area contributed by atoms with E-state index >= 15 is 0 Å². The maximum absolute atomic E-state index is 12.0. The molecule has 0 saturated carbocycles. The Hall–Kier alpha value is -4.77. The van der Waals surface area contributed by atoms with Crippen LogP contribution in [-0.4, -0.2) is 37.9 Å². The third-order valence-corrected chi connectivity index (χ3v) is 4.12. The van der Waals surface area contributed by atoms with Gasteiger partial charge in [-0.15, -0.1) is 0 Å². The zero-order valence-electron chi connectivity index (χ0n) is 16.7. The van der Waals surface area contributed by atoms with E-state index in [9.17, 15) is 34.6 Å². The molecular formula is C17H14N8O7S2. The summed E-state index contributed by atoms with van der Waals surface area (Å²) < 4.78 is 0. The Morgan fingerprint density at radius 2 is 0.941 bits per heavy atom. The van der Waals surface area contributed by atoms with Crippen molar-refractivity contribution in [3.05, 3.63) is 79.9 Å². The number of benzene rings is 2. The number of rotatable bonds is 4. The van der Waals surface area contributed by atoms with Gasteiger partial charge in [0.1, 0.15) is 0 Å². The van der Waals surface area contributed by atoms with Gasteiger partial charge in [0.2, 0.25) is 0 Å². The number of non-ortho nitro benzene ring substituents is 2. The fourth-order valence-corrected chi connectivity index (χ4v) is 2.43. The van der Waals surface area contributed by atoms with E-state index in [1.807, 2.05) is 0 Å². The number of nitro benzene ring substituents is 2. The average Bonchev–Trinajstić information content (AvgIpc) is 2.81. The quantitative estimate of drug-likeness (QED) is 0.191. The van der Waals surface area contributed by atoms with Gasteiger partial charge >= 0.3 is 6.03 Å². The monoisotopic (exact) mass is 506 g/mol. The maximum Gasteiger partial charge on any atom is 0.352 e. The van der Waals surface area contributed by atoms with Crippen molar-refractivity contribution < 1.29 is 24.2 Å². The fraction of sp³-hybridized carbons (Fsp3) is 0.